The lowest BCUT2D eigenvalue weighted by molar-refractivity contribution is 0.354. The van der Waals surface area contributed by atoms with Gasteiger partial charge in [-0.15, -0.1) is 12.4 Å². The number of sulfonamides is 1. The highest BCUT2D eigenvalue weighted by Gasteiger charge is 2.14. The van der Waals surface area contributed by atoms with Crippen molar-refractivity contribution >= 4 is 22.4 Å². The fourth-order valence-electron chi connectivity index (χ4n) is 1.10. The number of nitrogens with one attached hydrogen (secondary N) is 1. The van der Waals surface area contributed by atoms with Crippen LogP contribution in [0.1, 0.15) is 0 Å². The first-order valence-corrected chi connectivity index (χ1v) is 5.69. The lowest BCUT2D eigenvalue weighted by atomic mass is 10.3. The average Bonchev–Trinajstić information content (AvgIpc) is 2.28. The second-order valence-electron chi connectivity index (χ2n) is 2.72. The van der Waals surface area contributed by atoms with Crippen molar-refractivity contribution in [3.05, 3.63) is 18.2 Å². The van der Waals surface area contributed by atoms with E-state index in [0.29, 0.717) is 11.5 Å². The molecule has 7 heteroatoms. The Morgan fingerprint density at radius 3 is 2.12 bits per heavy atom. The minimum Gasteiger partial charge on any atom is -0.493 e. The van der Waals surface area contributed by atoms with Crippen LogP contribution in [0.25, 0.3) is 0 Å². The van der Waals surface area contributed by atoms with Gasteiger partial charge in [0, 0.05) is 6.07 Å². The number of hydrogen-bond donors (Lipinski definition) is 1. The van der Waals surface area contributed by atoms with E-state index in [2.05, 4.69) is 4.72 Å². The van der Waals surface area contributed by atoms with Crippen molar-refractivity contribution in [2.45, 2.75) is 4.90 Å². The summed E-state index contributed by atoms with van der Waals surface area (Å²) in [6, 6.07) is 4.40. The monoisotopic (exact) mass is 267 g/mol. The van der Waals surface area contributed by atoms with Crippen LogP contribution in [0.4, 0.5) is 0 Å². The van der Waals surface area contributed by atoms with Crippen LogP contribution in [-0.2, 0) is 10.0 Å². The molecule has 0 radical (unpaired) electrons. The van der Waals surface area contributed by atoms with Gasteiger partial charge in [-0.1, -0.05) is 0 Å². The molecule has 0 aliphatic carbocycles. The number of hydrogen-bond acceptors (Lipinski definition) is 4. The minimum atomic E-state index is -3.44. The molecule has 16 heavy (non-hydrogen) atoms. The van der Waals surface area contributed by atoms with Gasteiger partial charge in [0.2, 0.25) is 10.0 Å². The topological polar surface area (TPSA) is 64.6 Å². The summed E-state index contributed by atoms with van der Waals surface area (Å²) in [6.07, 6.45) is 0. The maximum Gasteiger partial charge on any atom is 0.240 e. The molecule has 0 saturated carbocycles. The standard InChI is InChI=1S/C9H13NO4S.ClH/c1-10-15(11,12)7-4-5-8(13-2)9(6-7)14-3;/h4-6,10H,1-3H3;1H. The summed E-state index contributed by atoms with van der Waals surface area (Å²) in [5.74, 6) is 0.876. The third kappa shape index (κ3) is 3.01. The van der Waals surface area contributed by atoms with Crippen LogP contribution in [0.3, 0.4) is 0 Å². The maximum atomic E-state index is 11.5. The smallest absolute Gasteiger partial charge is 0.240 e. The number of benzene rings is 1. The first kappa shape index (κ1) is 15.0. The Bertz CT molecular complexity index is 447. The lowest BCUT2D eigenvalue weighted by Gasteiger charge is -2.09. The second-order valence-corrected chi connectivity index (χ2v) is 4.61. The molecule has 0 amide bonds. The number of ether oxygens (including phenoxy) is 2. The molecule has 0 atom stereocenters. The van der Waals surface area contributed by atoms with E-state index < -0.39 is 10.0 Å². The summed E-state index contributed by atoms with van der Waals surface area (Å²) in [7, 11) is 0.854. The largest absolute Gasteiger partial charge is 0.493 e. The highest BCUT2D eigenvalue weighted by atomic mass is 35.5. The summed E-state index contributed by atoms with van der Waals surface area (Å²) in [5, 5.41) is 0. The summed E-state index contributed by atoms with van der Waals surface area (Å²) < 4.78 is 35.1. The molecule has 0 saturated heterocycles. The Labute approximate surface area is 101 Å². The van der Waals surface area contributed by atoms with Crippen molar-refractivity contribution in [1.82, 2.24) is 4.72 Å². The first-order chi connectivity index (χ1) is 7.05. The molecule has 1 N–H and O–H groups in total. The molecule has 0 fully saturated rings. The predicted molar refractivity (Wildman–Crippen MR) is 63.0 cm³/mol. The van der Waals surface area contributed by atoms with Crippen LogP contribution in [0.15, 0.2) is 23.1 Å². The molecule has 1 rings (SSSR count). The van der Waals surface area contributed by atoms with Crippen LogP contribution in [0.5, 0.6) is 11.5 Å². The zero-order valence-corrected chi connectivity index (χ0v) is 10.8. The molecule has 0 heterocycles. The van der Waals surface area contributed by atoms with E-state index in [0.717, 1.165) is 0 Å². The minimum absolute atomic E-state index is 0. The Morgan fingerprint density at radius 2 is 1.69 bits per heavy atom. The van der Waals surface area contributed by atoms with Crippen molar-refractivity contribution in [1.29, 1.82) is 0 Å². The van der Waals surface area contributed by atoms with Crippen molar-refractivity contribution in [2.24, 2.45) is 0 Å². The van der Waals surface area contributed by atoms with E-state index >= 15 is 0 Å². The molecule has 0 bridgehead atoms. The predicted octanol–water partition coefficient (Wildman–Crippen LogP) is 1.03. The van der Waals surface area contributed by atoms with Crippen molar-refractivity contribution < 1.29 is 17.9 Å². The summed E-state index contributed by atoms with van der Waals surface area (Å²) in [4.78, 5) is 0.141. The third-order valence-corrected chi connectivity index (χ3v) is 3.35. The van der Waals surface area contributed by atoms with E-state index in [1.807, 2.05) is 0 Å². The average molecular weight is 268 g/mol. The van der Waals surface area contributed by atoms with Gasteiger partial charge in [-0.25, -0.2) is 13.1 Å². The van der Waals surface area contributed by atoms with Gasteiger partial charge < -0.3 is 9.47 Å². The van der Waals surface area contributed by atoms with E-state index in [-0.39, 0.29) is 17.3 Å². The third-order valence-electron chi connectivity index (χ3n) is 1.93. The number of halogens is 1. The Hall–Kier alpha value is -0.980. The van der Waals surface area contributed by atoms with Crippen LogP contribution in [0.2, 0.25) is 0 Å². The van der Waals surface area contributed by atoms with Crippen LogP contribution < -0.4 is 14.2 Å². The lowest BCUT2D eigenvalue weighted by Crippen LogP contribution is -2.18. The maximum absolute atomic E-state index is 11.5. The molecule has 0 spiro atoms. The van der Waals surface area contributed by atoms with Gasteiger partial charge in [0.15, 0.2) is 11.5 Å². The van der Waals surface area contributed by atoms with Crippen molar-refractivity contribution in [3.8, 4) is 11.5 Å². The molecule has 0 unspecified atom stereocenters. The summed E-state index contributed by atoms with van der Waals surface area (Å²) >= 11 is 0. The van der Waals surface area contributed by atoms with Crippen LogP contribution in [-0.4, -0.2) is 29.7 Å². The first-order valence-electron chi connectivity index (χ1n) is 4.20. The molecule has 1 aromatic rings. The Morgan fingerprint density at radius 1 is 1.12 bits per heavy atom. The van der Waals surface area contributed by atoms with E-state index in [9.17, 15) is 8.42 Å². The zero-order chi connectivity index (χ0) is 11.5. The highest BCUT2D eigenvalue weighted by Crippen LogP contribution is 2.29. The number of methoxy groups -OCH3 is 2. The molecule has 5 nitrogen and oxygen atoms in total. The Balaban J connectivity index is 0.00000225. The zero-order valence-electron chi connectivity index (χ0n) is 9.18. The Kier molecular flexibility index (Phi) is 5.57. The highest BCUT2D eigenvalue weighted by molar-refractivity contribution is 7.89. The van der Waals surface area contributed by atoms with Gasteiger partial charge in [-0.3, -0.25) is 0 Å². The molecule has 92 valence electrons. The molecular weight excluding hydrogens is 254 g/mol. The van der Waals surface area contributed by atoms with E-state index in [4.69, 9.17) is 9.47 Å². The normalized spacial score (nSPS) is 10.4. The fourth-order valence-corrected chi connectivity index (χ4v) is 1.85. The van der Waals surface area contributed by atoms with E-state index in [1.54, 1.807) is 6.07 Å². The van der Waals surface area contributed by atoms with Gasteiger partial charge in [0.05, 0.1) is 19.1 Å². The van der Waals surface area contributed by atoms with Gasteiger partial charge in [-0.2, -0.15) is 0 Å². The molecular formula is C9H14ClNO4S. The molecule has 0 aliphatic rings. The second kappa shape index (κ2) is 5.93. The van der Waals surface area contributed by atoms with Gasteiger partial charge in [0.25, 0.3) is 0 Å². The quantitative estimate of drug-likeness (QED) is 0.885. The molecule has 0 aliphatic heterocycles. The van der Waals surface area contributed by atoms with Crippen molar-refractivity contribution in [3.63, 3.8) is 0 Å². The van der Waals surface area contributed by atoms with E-state index in [1.165, 1.54) is 33.4 Å². The molecule has 1 aromatic carbocycles. The van der Waals surface area contributed by atoms with Gasteiger partial charge >= 0.3 is 0 Å². The van der Waals surface area contributed by atoms with Crippen LogP contribution >= 0.6 is 12.4 Å². The van der Waals surface area contributed by atoms with Crippen molar-refractivity contribution in [2.75, 3.05) is 21.3 Å². The molecule has 0 aromatic heterocycles. The van der Waals surface area contributed by atoms with Gasteiger partial charge in [0.1, 0.15) is 0 Å². The SMILES string of the molecule is CNS(=O)(=O)c1ccc(OC)c(OC)c1.Cl. The number of rotatable bonds is 4. The van der Waals surface area contributed by atoms with Gasteiger partial charge in [-0.05, 0) is 19.2 Å². The van der Waals surface area contributed by atoms with Crippen LogP contribution in [0, 0.1) is 0 Å². The summed E-state index contributed by atoms with van der Waals surface area (Å²) in [5.41, 5.74) is 0. The fraction of sp³-hybridized carbons (Fsp3) is 0.333. The summed E-state index contributed by atoms with van der Waals surface area (Å²) in [6.45, 7) is 0.